The zero-order chi connectivity index (χ0) is 41.2. The van der Waals surface area contributed by atoms with Gasteiger partial charge in [-0.1, -0.05) is 225 Å². The average molecular weight is 865 g/mol. The Kier molecular flexibility index (Phi) is 32.7. The lowest BCUT2D eigenvalue weighted by Crippen LogP contribution is -2.28. The first-order valence-corrected chi connectivity index (χ1v) is 28.4. The van der Waals surface area contributed by atoms with Crippen molar-refractivity contribution in [2.75, 3.05) is 11.5 Å². The Balaban J connectivity index is 2.18. The number of hydrogen-bond acceptors (Lipinski definition) is 4. The van der Waals surface area contributed by atoms with Gasteiger partial charge in [-0.2, -0.15) is 0 Å². The molecule has 328 valence electrons. The Bertz CT molecular complexity index is 1360. The molecule has 0 aliphatic heterocycles. The molecule has 0 saturated carbocycles. The predicted molar refractivity (Wildman–Crippen MR) is 255 cm³/mol. The maximum Gasteiger partial charge on any atom is 0.0927 e. The third kappa shape index (κ3) is 23.0. The van der Waals surface area contributed by atoms with Gasteiger partial charge in [0.05, 0.1) is 58.3 Å². The summed E-state index contributed by atoms with van der Waals surface area (Å²) in [5, 5.41) is 0. The zero-order valence-corrected chi connectivity index (χ0v) is 40.1. The van der Waals surface area contributed by atoms with Gasteiger partial charge in [-0.3, -0.25) is 8.42 Å². The Morgan fingerprint density at radius 1 is 0.474 bits per heavy atom. The van der Waals surface area contributed by atoms with Crippen LogP contribution in [0, 0.1) is 5.92 Å². The summed E-state index contributed by atoms with van der Waals surface area (Å²) in [5.74, 6) is 0.652. The van der Waals surface area contributed by atoms with E-state index in [0.29, 0.717) is 47.2 Å². The van der Waals surface area contributed by atoms with Crippen molar-refractivity contribution in [3.63, 3.8) is 0 Å². The van der Waals surface area contributed by atoms with Gasteiger partial charge in [-0.15, -0.1) is 0 Å². The molecule has 1 aromatic carbocycles. The second-order valence-electron chi connectivity index (χ2n) is 16.6. The number of benzene rings is 1. The molecule has 0 saturated heterocycles. The topological polar surface area (TPSA) is 68.3 Å². The third-order valence-corrected chi connectivity index (χ3v) is 17.0. The minimum absolute atomic E-state index is 0.320. The van der Waals surface area contributed by atoms with E-state index >= 15 is 0 Å². The molecule has 0 bridgehead atoms. The van der Waals surface area contributed by atoms with Gasteiger partial charge in [0.1, 0.15) is 0 Å². The van der Waals surface area contributed by atoms with Crippen LogP contribution in [0.4, 0.5) is 0 Å². The van der Waals surface area contributed by atoms with Crippen molar-refractivity contribution in [2.45, 2.75) is 231 Å². The molecular weight excluding hydrogens is 781 g/mol. The summed E-state index contributed by atoms with van der Waals surface area (Å²) in [7, 11) is -4.51. The molecule has 0 aromatic heterocycles. The molecule has 0 heterocycles. The minimum Gasteiger partial charge on any atom is -0.255 e. The van der Waals surface area contributed by atoms with Crippen molar-refractivity contribution in [1.29, 1.82) is 0 Å². The second-order valence-corrected chi connectivity index (χ2v) is 21.7. The van der Waals surface area contributed by atoms with Crippen LogP contribution in [0.3, 0.4) is 0 Å². The van der Waals surface area contributed by atoms with Crippen LogP contribution in [0.5, 0.6) is 0 Å². The maximum absolute atomic E-state index is 14.6. The molecular formula is C49H84O4S4. The van der Waals surface area contributed by atoms with Crippen molar-refractivity contribution >= 4 is 48.5 Å². The molecule has 8 heteroatoms. The smallest absolute Gasteiger partial charge is 0.0927 e. The summed E-state index contributed by atoms with van der Waals surface area (Å²) in [6.45, 7) is 6.76. The molecule has 4 nitrogen and oxygen atoms in total. The van der Waals surface area contributed by atoms with E-state index in [9.17, 15) is 16.8 Å². The van der Waals surface area contributed by atoms with E-state index in [4.69, 9.17) is 0 Å². The molecule has 1 aliphatic carbocycles. The third-order valence-electron chi connectivity index (χ3n) is 11.6. The highest BCUT2D eigenvalue weighted by Gasteiger charge is 2.37. The van der Waals surface area contributed by atoms with Gasteiger partial charge >= 0.3 is 0 Å². The highest BCUT2D eigenvalue weighted by Crippen LogP contribution is 2.39. The van der Waals surface area contributed by atoms with E-state index in [-0.39, 0.29) is 5.92 Å². The van der Waals surface area contributed by atoms with Crippen LogP contribution in [0.1, 0.15) is 226 Å². The molecule has 0 fully saturated rings. The Labute approximate surface area is 362 Å². The van der Waals surface area contributed by atoms with Gasteiger partial charge in [-0.25, -0.2) is 8.42 Å². The van der Waals surface area contributed by atoms with Crippen LogP contribution in [0.15, 0.2) is 56.0 Å². The first-order valence-electron chi connectivity index (χ1n) is 23.9. The molecule has 1 aromatic rings. The quantitative estimate of drug-likeness (QED) is 0.0490. The molecule has 1 aliphatic rings. The molecule has 0 N–H and O–H groups in total. The van der Waals surface area contributed by atoms with Gasteiger partial charge in [-0.05, 0) is 37.5 Å². The number of unbranched alkanes of at least 4 members (excludes halogenated alkanes) is 28. The summed E-state index contributed by atoms with van der Waals surface area (Å²) in [4.78, 5) is 2.83. The molecule has 2 rings (SSSR count). The van der Waals surface area contributed by atoms with Crippen molar-refractivity contribution in [3.8, 4) is 0 Å². The lowest BCUT2D eigenvalue weighted by molar-refractivity contribution is 0.538. The van der Waals surface area contributed by atoms with Crippen molar-refractivity contribution in [2.24, 2.45) is 5.92 Å². The fourth-order valence-corrected chi connectivity index (χ4v) is 13.9. The fraction of sp³-hybridized carbons (Fsp3) is 0.776. The van der Waals surface area contributed by atoms with Crippen LogP contribution >= 0.6 is 0 Å². The summed E-state index contributed by atoms with van der Waals surface area (Å²) in [6.07, 6.45) is 40.3. The second kappa shape index (κ2) is 35.8. The van der Waals surface area contributed by atoms with Crippen LogP contribution in [-0.4, -0.2) is 33.2 Å². The molecule has 0 amide bonds. The van der Waals surface area contributed by atoms with E-state index in [1.165, 1.54) is 141 Å². The van der Waals surface area contributed by atoms with Crippen molar-refractivity contribution in [3.05, 3.63) is 51.1 Å². The van der Waals surface area contributed by atoms with Crippen molar-refractivity contribution in [1.82, 2.24) is 0 Å². The number of rotatable bonds is 38. The van der Waals surface area contributed by atoms with Crippen molar-refractivity contribution < 1.29 is 16.8 Å². The average Bonchev–Trinajstić information content (AvgIpc) is 3.23. The molecule has 0 radical (unpaired) electrons. The van der Waals surface area contributed by atoms with E-state index in [0.717, 1.165) is 64.2 Å². The van der Waals surface area contributed by atoms with E-state index in [2.05, 4.69) is 20.8 Å². The van der Waals surface area contributed by atoms with Gasteiger partial charge in [0.2, 0.25) is 0 Å². The van der Waals surface area contributed by atoms with Crippen LogP contribution in [0.25, 0.3) is 0 Å². The van der Waals surface area contributed by atoms with Crippen LogP contribution in [0.2, 0.25) is 0 Å². The zero-order valence-electron chi connectivity index (χ0n) is 36.8. The van der Waals surface area contributed by atoms with Gasteiger partial charge < -0.3 is 0 Å². The summed E-state index contributed by atoms with van der Waals surface area (Å²) < 4.78 is 56.4. The standard InChI is InChI=1S/C49H84O4S4/c1-4-7-10-13-16-18-20-21-22-23-25-28-31-37-42-56(52)49-47(57(53)44-38-33-32-34-39-44)43-46(54-50)45(40-35-29-26-15-12-9-6-3)48(49)55(51)41-36-30-27-24-19-17-14-11-8-5-2/h32-34,38-39,43,45H,4-31,35-37,40-42H2,1-3H3. The fourth-order valence-electron chi connectivity index (χ4n) is 8.02. The van der Waals surface area contributed by atoms with E-state index in [1.54, 1.807) is 6.08 Å². The molecule has 4 unspecified atom stereocenters. The number of hydrogen-bond donors (Lipinski definition) is 0. The summed E-state index contributed by atoms with van der Waals surface area (Å²) in [5.41, 5.74) is 0. The Morgan fingerprint density at radius 2 is 0.842 bits per heavy atom. The molecule has 4 atom stereocenters. The first-order chi connectivity index (χ1) is 28.0. The lowest BCUT2D eigenvalue weighted by Gasteiger charge is -2.28. The highest BCUT2D eigenvalue weighted by molar-refractivity contribution is 7.96. The predicted octanol–water partition coefficient (Wildman–Crippen LogP) is 14.9. The first kappa shape index (κ1) is 52.2. The number of allylic oxidation sites excluding steroid dienone is 2. The Morgan fingerprint density at radius 3 is 1.25 bits per heavy atom. The van der Waals surface area contributed by atoms with E-state index in [1.807, 2.05) is 30.3 Å². The highest BCUT2D eigenvalue weighted by atomic mass is 32.2. The normalized spacial score (nSPS) is 16.2. The van der Waals surface area contributed by atoms with Crippen LogP contribution < -0.4 is 0 Å². The maximum atomic E-state index is 14.6. The summed E-state index contributed by atoms with van der Waals surface area (Å²) >= 11 is 0.451. The van der Waals surface area contributed by atoms with Gasteiger partial charge in [0.25, 0.3) is 0 Å². The molecule has 0 spiro atoms. The van der Waals surface area contributed by atoms with Gasteiger partial charge in [0.15, 0.2) is 0 Å². The SMILES string of the molecule is CCCCCCCCCCCCCCCCS(=O)C1=C(S(=O)CCCCCCCCCCCC)C(CCCCCCCCC)C(=S=O)C=C1S(=O)c1ccccc1. The minimum atomic E-state index is -1.64. The van der Waals surface area contributed by atoms with E-state index < -0.39 is 32.4 Å². The molecule has 57 heavy (non-hydrogen) atoms. The summed E-state index contributed by atoms with van der Waals surface area (Å²) in [6, 6.07) is 9.30. The van der Waals surface area contributed by atoms with Crippen LogP contribution in [-0.2, 0) is 43.7 Å². The largest absolute Gasteiger partial charge is 0.255 e. The lowest BCUT2D eigenvalue weighted by atomic mass is 9.93. The Hall–Kier alpha value is -0.960. The van der Waals surface area contributed by atoms with Gasteiger partial charge in [0, 0.05) is 27.2 Å². The monoisotopic (exact) mass is 865 g/mol.